The normalized spacial score (nSPS) is 10.5. The van der Waals surface area contributed by atoms with Crippen LogP contribution in [0.1, 0.15) is 21.9 Å². The molecule has 17 heavy (non-hydrogen) atoms. The van der Waals surface area contributed by atoms with Gasteiger partial charge in [0.2, 0.25) is 0 Å². The summed E-state index contributed by atoms with van der Waals surface area (Å²) >= 11 is 0. The lowest BCUT2D eigenvalue weighted by molar-refractivity contribution is 0.0946. The maximum atomic E-state index is 11.8. The topological polar surface area (TPSA) is 62.7 Å². The average molecular weight is 232 g/mol. The highest BCUT2D eigenvalue weighted by Crippen LogP contribution is 2.05. The minimum atomic E-state index is -0.0416. The molecule has 0 aliphatic heterocycles. The van der Waals surface area contributed by atoms with Crippen LogP contribution in [0.2, 0.25) is 0 Å². The molecule has 90 valence electrons. The molecule has 0 unspecified atom stereocenters. The number of rotatable bonds is 4. The van der Waals surface area contributed by atoms with Gasteiger partial charge in [-0.15, -0.1) is 0 Å². The SMILES string of the molecule is Cc1ccc(C(=O)NCCc2cnc[nH]2)n1C. The molecule has 2 heterocycles. The lowest BCUT2D eigenvalue weighted by Crippen LogP contribution is -2.27. The van der Waals surface area contributed by atoms with E-state index in [1.807, 2.05) is 30.7 Å². The van der Waals surface area contributed by atoms with Crippen molar-refractivity contribution in [1.29, 1.82) is 0 Å². The molecule has 0 aliphatic rings. The van der Waals surface area contributed by atoms with Crippen molar-refractivity contribution in [3.63, 3.8) is 0 Å². The third kappa shape index (κ3) is 2.55. The highest BCUT2D eigenvalue weighted by molar-refractivity contribution is 5.92. The van der Waals surface area contributed by atoms with Crippen LogP contribution in [-0.2, 0) is 13.5 Å². The van der Waals surface area contributed by atoms with Gasteiger partial charge in [0, 0.05) is 37.6 Å². The van der Waals surface area contributed by atoms with Crippen molar-refractivity contribution in [2.24, 2.45) is 7.05 Å². The van der Waals surface area contributed by atoms with Gasteiger partial charge >= 0.3 is 0 Å². The molecule has 0 spiro atoms. The molecular weight excluding hydrogens is 216 g/mol. The largest absolute Gasteiger partial charge is 0.350 e. The first-order chi connectivity index (χ1) is 8.18. The van der Waals surface area contributed by atoms with Gasteiger partial charge in [0.05, 0.1) is 6.33 Å². The molecule has 0 bridgehead atoms. The molecule has 5 nitrogen and oxygen atoms in total. The first kappa shape index (κ1) is 11.4. The standard InChI is InChI=1S/C12H16N4O/c1-9-3-4-11(16(9)2)12(17)14-6-5-10-7-13-8-15-10/h3-4,7-8H,5-6H2,1-2H3,(H,13,15)(H,14,17). The van der Waals surface area contributed by atoms with Gasteiger partial charge in [-0.25, -0.2) is 4.98 Å². The number of nitrogens with zero attached hydrogens (tertiary/aromatic N) is 2. The van der Waals surface area contributed by atoms with Crippen LogP contribution in [0.3, 0.4) is 0 Å². The van der Waals surface area contributed by atoms with Gasteiger partial charge < -0.3 is 14.9 Å². The Bertz CT molecular complexity index is 499. The van der Waals surface area contributed by atoms with Crippen molar-refractivity contribution in [1.82, 2.24) is 19.9 Å². The van der Waals surface area contributed by atoms with Crippen LogP contribution in [0.4, 0.5) is 0 Å². The number of nitrogens with one attached hydrogen (secondary N) is 2. The van der Waals surface area contributed by atoms with E-state index in [0.717, 1.165) is 17.8 Å². The van der Waals surface area contributed by atoms with E-state index in [4.69, 9.17) is 0 Å². The quantitative estimate of drug-likeness (QED) is 0.827. The van der Waals surface area contributed by atoms with Gasteiger partial charge in [-0.3, -0.25) is 4.79 Å². The highest BCUT2D eigenvalue weighted by Gasteiger charge is 2.09. The first-order valence-electron chi connectivity index (χ1n) is 5.56. The van der Waals surface area contributed by atoms with Crippen LogP contribution in [0.25, 0.3) is 0 Å². The maximum absolute atomic E-state index is 11.8. The molecule has 0 aromatic carbocycles. The number of hydrogen-bond donors (Lipinski definition) is 2. The van der Waals surface area contributed by atoms with Crippen LogP contribution in [0.15, 0.2) is 24.7 Å². The smallest absolute Gasteiger partial charge is 0.267 e. The summed E-state index contributed by atoms with van der Waals surface area (Å²) in [5.41, 5.74) is 2.78. The van der Waals surface area contributed by atoms with Crippen molar-refractivity contribution in [3.8, 4) is 0 Å². The number of hydrogen-bond acceptors (Lipinski definition) is 2. The number of imidazole rings is 1. The van der Waals surface area contributed by atoms with Crippen molar-refractivity contribution in [2.45, 2.75) is 13.3 Å². The Morgan fingerprint density at radius 1 is 1.53 bits per heavy atom. The predicted molar refractivity (Wildman–Crippen MR) is 64.8 cm³/mol. The van der Waals surface area contributed by atoms with Crippen molar-refractivity contribution >= 4 is 5.91 Å². The number of H-pyrrole nitrogens is 1. The molecule has 1 amide bonds. The lowest BCUT2D eigenvalue weighted by atomic mass is 10.3. The second-order valence-corrected chi connectivity index (χ2v) is 4.00. The van der Waals surface area contributed by atoms with Gasteiger partial charge in [0.1, 0.15) is 5.69 Å². The number of aryl methyl sites for hydroxylation is 1. The van der Waals surface area contributed by atoms with Crippen LogP contribution >= 0.6 is 0 Å². The summed E-state index contributed by atoms with van der Waals surface area (Å²) in [6.07, 6.45) is 4.16. The summed E-state index contributed by atoms with van der Waals surface area (Å²) < 4.78 is 1.88. The maximum Gasteiger partial charge on any atom is 0.267 e. The first-order valence-corrected chi connectivity index (χ1v) is 5.56. The van der Waals surface area contributed by atoms with E-state index < -0.39 is 0 Å². The molecule has 0 aliphatic carbocycles. The van der Waals surface area contributed by atoms with Gasteiger partial charge in [-0.2, -0.15) is 0 Å². The van der Waals surface area contributed by atoms with Crippen LogP contribution < -0.4 is 5.32 Å². The predicted octanol–water partition coefficient (Wildman–Crippen LogP) is 1.03. The van der Waals surface area contributed by atoms with Crippen LogP contribution in [0.5, 0.6) is 0 Å². The van der Waals surface area contributed by atoms with Crippen molar-refractivity contribution < 1.29 is 4.79 Å². The zero-order chi connectivity index (χ0) is 12.3. The minimum absolute atomic E-state index is 0.0416. The van der Waals surface area contributed by atoms with E-state index >= 15 is 0 Å². The molecule has 2 aromatic rings. The van der Waals surface area contributed by atoms with E-state index in [2.05, 4.69) is 15.3 Å². The van der Waals surface area contributed by atoms with Crippen molar-refractivity contribution in [3.05, 3.63) is 41.7 Å². The van der Waals surface area contributed by atoms with E-state index in [1.165, 1.54) is 0 Å². The molecule has 2 N–H and O–H groups in total. The molecule has 0 saturated carbocycles. The van der Waals surface area contributed by atoms with Gasteiger partial charge in [-0.1, -0.05) is 0 Å². The second-order valence-electron chi connectivity index (χ2n) is 4.00. The molecule has 0 saturated heterocycles. The Morgan fingerprint density at radius 3 is 2.94 bits per heavy atom. The third-order valence-corrected chi connectivity index (χ3v) is 2.84. The number of aromatic amines is 1. The number of carbonyl (C=O) groups excluding carboxylic acids is 1. The van der Waals surface area contributed by atoms with Gasteiger partial charge in [0.25, 0.3) is 5.91 Å². The average Bonchev–Trinajstić information content (AvgIpc) is 2.91. The summed E-state index contributed by atoms with van der Waals surface area (Å²) in [6.45, 7) is 2.58. The van der Waals surface area contributed by atoms with Crippen molar-refractivity contribution in [2.75, 3.05) is 6.54 Å². The van der Waals surface area contributed by atoms with Crippen LogP contribution in [0, 0.1) is 6.92 Å². The molecule has 2 rings (SSSR count). The summed E-state index contributed by atoms with van der Waals surface area (Å²) in [5.74, 6) is -0.0416. The number of aromatic nitrogens is 3. The van der Waals surface area contributed by atoms with E-state index in [9.17, 15) is 4.79 Å². The number of amides is 1. The summed E-state index contributed by atoms with van der Waals surface area (Å²) in [6, 6.07) is 3.77. The van der Waals surface area contributed by atoms with Crippen LogP contribution in [-0.4, -0.2) is 27.0 Å². The zero-order valence-electron chi connectivity index (χ0n) is 10.0. The highest BCUT2D eigenvalue weighted by atomic mass is 16.1. The Labute approximate surface area is 99.9 Å². The van der Waals surface area contributed by atoms with E-state index in [1.54, 1.807) is 12.5 Å². The van der Waals surface area contributed by atoms with E-state index in [-0.39, 0.29) is 5.91 Å². The second kappa shape index (κ2) is 4.86. The summed E-state index contributed by atoms with van der Waals surface area (Å²) in [5, 5.41) is 2.88. The summed E-state index contributed by atoms with van der Waals surface area (Å²) in [4.78, 5) is 18.8. The fourth-order valence-corrected chi connectivity index (χ4v) is 1.66. The Morgan fingerprint density at radius 2 is 2.35 bits per heavy atom. The fraction of sp³-hybridized carbons (Fsp3) is 0.333. The fourth-order valence-electron chi connectivity index (χ4n) is 1.66. The number of carbonyl (C=O) groups is 1. The molecular formula is C12H16N4O. The lowest BCUT2D eigenvalue weighted by Gasteiger charge is -2.06. The van der Waals surface area contributed by atoms with Gasteiger partial charge in [0.15, 0.2) is 0 Å². The third-order valence-electron chi connectivity index (χ3n) is 2.84. The molecule has 0 atom stereocenters. The molecule has 5 heteroatoms. The molecule has 0 fully saturated rings. The minimum Gasteiger partial charge on any atom is -0.350 e. The Kier molecular flexibility index (Phi) is 3.27. The van der Waals surface area contributed by atoms with E-state index in [0.29, 0.717) is 12.2 Å². The molecule has 2 aromatic heterocycles. The monoisotopic (exact) mass is 232 g/mol. The Balaban J connectivity index is 1.87. The van der Waals surface area contributed by atoms with Gasteiger partial charge in [-0.05, 0) is 19.1 Å². The molecule has 0 radical (unpaired) electrons. The Hall–Kier alpha value is -2.04. The zero-order valence-corrected chi connectivity index (χ0v) is 10.0. The summed E-state index contributed by atoms with van der Waals surface area (Å²) in [7, 11) is 1.89.